The van der Waals surface area contributed by atoms with E-state index in [2.05, 4.69) is 30.9 Å². The Bertz CT molecular complexity index is 574. The van der Waals surface area contributed by atoms with Crippen molar-refractivity contribution >= 4 is 26.0 Å². The summed E-state index contributed by atoms with van der Waals surface area (Å²) in [6.45, 7) is 4.89. The monoisotopic (exact) mass is 377 g/mol. The third-order valence-electron chi connectivity index (χ3n) is 3.34. The number of nitrogens with zero attached hydrogens (tertiary/aromatic N) is 1. The SMILES string of the molecule is COc1ccc(Br)cc1S(=O)(=O)NCCN1CCNCC1. The van der Waals surface area contributed by atoms with Gasteiger partial charge >= 0.3 is 0 Å². The summed E-state index contributed by atoms with van der Waals surface area (Å²) in [5.74, 6) is 0.341. The summed E-state index contributed by atoms with van der Waals surface area (Å²) in [7, 11) is -2.11. The topological polar surface area (TPSA) is 70.7 Å². The first-order valence-corrected chi connectivity index (χ1v) is 9.07. The predicted octanol–water partition coefficient (Wildman–Crippen LogP) is 0.641. The number of ether oxygens (including phenoxy) is 1. The zero-order chi connectivity index (χ0) is 15.3. The molecule has 1 aliphatic heterocycles. The van der Waals surface area contributed by atoms with Gasteiger partial charge in [-0.25, -0.2) is 13.1 Å². The van der Waals surface area contributed by atoms with Crippen LogP contribution in [-0.2, 0) is 10.0 Å². The van der Waals surface area contributed by atoms with Crippen molar-refractivity contribution in [3.63, 3.8) is 0 Å². The van der Waals surface area contributed by atoms with Crippen molar-refractivity contribution < 1.29 is 13.2 Å². The Morgan fingerprint density at radius 3 is 2.76 bits per heavy atom. The van der Waals surface area contributed by atoms with Crippen molar-refractivity contribution in [3.8, 4) is 5.75 Å². The van der Waals surface area contributed by atoms with Crippen LogP contribution in [0.1, 0.15) is 0 Å². The Morgan fingerprint density at radius 1 is 1.38 bits per heavy atom. The van der Waals surface area contributed by atoms with Crippen molar-refractivity contribution in [1.29, 1.82) is 0 Å². The van der Waals surface area contributed by atoms with Crippen LogP contribution in [0.15, 0.2) is 27.6 Å². The van der Waals surface area contributed by atoms with Crippen LogP contribution < -0.4 is 14.8 Å². The van der Waals surface area contributed by atoms with Gasteiger partial charge in [0, 0.05) is 43.7 Å². The molecule has 1 aromatic rings. The fraction of sp³-hybridized carbons (Fsp3) is 0.538. The van der Waals surface area contributed by atoms with Gasteiger partial charge in [-0.1, -0.05) is 15.9 Å². The molecule has 0 atom stereocenters. The average Bonchev–Trinajstić information content (AvgIpc) is 2.48. The molecule has 0 bridgehead atoms. The quantitative estimate of drug-likeness (QED) is 0.761. The standard InChI is InChI=1S/C13H20BrN3O3S/c1-20-12-3-2-11(14)10-13(12)21(18,19)16-6-9-17-7-4-15-5-8-17/h2-3,10,15-16H,4-9H2,1H3. The van der Waals surface area contributed by atoms with Crippen molar-refractivity contribution in [1.82, 2.24) is 14.9 Å². The second-order valence-electron chi connectivity index (χ2n) is 4.78. The van der Waals surface area contributed by atoms with E-state index in [0.29, 0.717) is 23.3 Å². The molecule has 1 aliphatic rings. The Morgan fingerprint density at radius 2 is 2.10 bits per heavy atom. The molecule has 2 rings (SSSR count). The Kier molecular flexibility index (Phi) is 6.00. The minimum atomic E-state index is -3.57. The van der Waals surface area contributed by atoms with E-state index >= 15 is 0 Å². The van der Waals surface area contributed by atoms with Gasteiger partial charge in [0.05, 0.1) is 7.11 Å². The second kappa shape index (κ2) is 7.55. The lowest BCUT2D eigenvalue weighted by atomic mass is 10.3. The van der Waals surface area contributed by atoms with Crippen molar-refractivity contribution in [2.75, 3.05) is 46.4 Å². The van der Waals surface area contributed by atoms with E-state index in [4.69, 9.17) is 4.74 Å². The van der Waals surface area contributed by atoms with Gasteiger partial charge in [0.15, 0.2) is 0 Å². The first kappa shape index (κ1) is 16.7. The smallest absolute Gasteiger partial charge is 0.244 e. The molecule has 1 saturated heterocycles. The third kappa shape index (κ3) is 4.65. The molecular formula is C13H20BrN3O3S. The molecule has 0 radical (unpaired) electrons. The number of hydrogen-bond acceptors (Lipinski definition) is 5. The predicted molar refractivity (Wildman–Crippen MR) is 85.2 cm³/mol. The molecule has 1 aromatic carbocycles. The molecule has 118 valence electrons. The van der Waals surface area contributed by atoms with Crippen LogP contribution in [0.25, 0.3) is 0 Å². The highest BCUT2D eigenvalue weighted by Crippen LogP contribution is 2.26. The van der Waals surface area contributed by atoms with Crippen molar-refractivity contribution in [2.24, 2.45) is 0 Å². The zero-order valence-corrected chi connectivity index (χ0v) is 14.3. The second-order valence-corrected chi connectivity index (χ2v) is 7.44. The largest absolute Gasteiger partial charge is 0.495 e. The fourth-order valence-electron chi connectivity index (χ4n) is 2.21. The summed E-state index contributed by atoms with van der Waals surface area (Å²) in [6.07, 6.45) is 0. The molecule has 0 saturated carbocycles. The van der Waals surface area contributed by atoms with E-state index in [-0.39, 0.29) is 4.90 Å². The lowest BCUT2D eigenvalue weighted by Crippen LogP contribution is -2.46. The molecule has 0 unspecified atom stereocenters. The van der Waals surface area contributed by atoms with Crippen LogP contribution in [0.2, 0.25) is 0 Å². The van der Waals surface area contributed by atoms with Crippen LogP contribution in [0, 0.1) is 0 Å². The maximum absolute atomic E-state index is 12.4. The van der Waals surface area contributed by atoms with Gasteiger partial charge in [-0.2, -0.15) is 0 Å². The van der Waals surface area contributed by atoms with Gasteiger partial charge < -0.3 is 10.1 Å². The molecule has 6 nitrogen and oxygen atoms in total. The third-order valence-corrected chi connectivity index (χ3v) is 5.32. The summed E-state index contributed by atoms with van der Waals surface area (Å²) in [5, 5.41) is 3.27. The van der Waals surface area contributed by atoms with Crippen LogP contribution in [0.4, 0.5) is 0 Å². The minimum absolute atomic E-state index is 0.152. The first-order valence-electron chi connectivity index (χ1n) is 6.79. The molecule has 0 amide bonds. The summed E-state index contributed by atoms with van der Waals surface area (Å²) in [4.78, 5) is 2.39. The van der Waals surface area contributed by atoms with Crippen LogP contribution in [0.3, 0.4) is 0 Å². The zero-order valence-electron chi connectivity index (χ0n) is 11.9. The number of hydrogen-bond donors (Lipinski definition) is 2. The Hall–Kier alpha value is -0.670. The highest BCUT2D eigenvalue weighted by molar-refractivity contribution is 9.10. The normalized spacial score (nSPS) is 16.9. The van der Waals surface area contributed by atoms with Crippen molar-refractivity contribution in [2.45, 2.75) is 4.90 Å². The molecule has 2 N–H and O–H groups in total. The fourth-order valence-corrected chi connectivity index (χ4v) is 3.94. The van der Waals surface area contributed by atoms with E-state index in [1.807, 2.05) is 0 Å². The highest BCUT2D eigenvalue weighted by Gasteiger charge is 2.20. The van der Waals surface area contributed by atoms with Gasteiger partial charge in [0.1, 0.15) is 10.6 Å². The maximum atomic E-state index is 12.4. The number of benzene rings is 1. The molecular weight excluding hydrogens is 358 g/mol. The Balaban J connectivity index is 1.99. The molecule has 1 fully saturated rings. The number of piperazine rings is 1. The number of sulfonamides is 1. The number of methoxy groups -OCH3 is 1. The van der Waals surface area contributed by atoms with Gasteiger partial charge in [-0.15, -0.1) is 0 Å². The lowest BCUT2D eigenvalue weighted by Gasteiger charge is -2.27. The molecule has 0 aliphatic carbocycles. The van der Waals surface area contributed by atoms with Crippen LogP contribution in [0.5, 0.6) is 5.75 Å². The van der Waals surface area contributed by atoms with E-state index in [9.17, 15) is 8.42 Å². The van der Waals surface area contributed by atoms with Gasteiger partial charge in [0.2, 0.25) is 10.0 Å². The van der Waals surface area contributed by atoms with Crippen LogP contribution >= 0.6 is 15.9 Å². The van der Waals surface area contributed by atoms with Gasteiger partial charge in [0.25, 0.3) is 0 Å². The molecule has 1 heterocycles. The van der Waals surface area contributed by atoms with E-state index < -0.39 is 10.0 Å². The Labute approximate surface area is 134 Å². The first-order chi connectivity index (χ1) is 10.0. The lowest BCUT2D eigenvalue weighted by molar-refractivity contribution is 0.245. The molecule has 8 heteroatoms. The number of halogens is 1. The molecule has 21 heavy (non-hydrogen) atoms. The molecule has 0 spiro atoms. The van der Waals surface area contributed by atoms with E-state index in [1.165, 1.54) is 7.11 Å². The van der Waals surface area contributed by atoms with Gasteiger partial charge in [-0.05, 0) is 18.2 Å². The van der Waals surface area contributed by atoms with E-state index in [1.54, 1.807) is 18.2 Å². The average molecular weight is 378 g/mol. The summed E-state index contributed by atoms with van der Waals surface area (Å²) in [5.41, 5.74) is 0. The van der Waals surface area contributed by atoms with Crippen LogP contribution in [-0.4, -0.2) is 59.7 Å². The van der Waals surface area contributed by atoms with E-state index in [0.717, 1.165) is 26.2 Å². The minimum Gasteiger partial charge on any atom is -0.495 e. The summed E-state index contributed by atoms with van der Waals surface area (Å²) < 4.78 is 33.2. The van der Waals surface area contributed by atoms with Crippen molar-refractivity contribution in [3.05, 3.63) is 22.7 Å². The van der Waals surface area contributed by atoms with Gasteiger partial charge in [-0.3, -0.25) is 4.90 Å². The molecule has 0 aromatic heterocycles. The summed E-state index contributed by atoms with van der Waals surface area (Å²) >= 11 is 3.29. The highest BCUT2D eigenvalue weighted by atomic mass is 79.9. The number of rotatable bonds is 6. The maximum Gasteiger partial charge on any atom is 0.244 e. The number of nitrogens with one attached hydrogen (secondary N) is 2. The summed E-state index contributed by atoms with van der Waals surface area (Å²) in [6, 6.07) is 4.93.